The van der Waals surface area contributed by atoms with Gasteiger partial charge in [-0.1, -0.05) is 12.1 Å². The van der Waals surface area contributed by atoms with Gasteiger partial charge in [0.15, 0.2) is 6.61 Å². The van der Waals surface area contributed by atoms with E-state index in [-0.39, 0.29) is 33.2 Å². The zero-order valence-electron chi connectivity index (χ0n) is 18.1. The van der Waals surface area contributed by atoms with Gasteiger partial charge in [0, 0.05) is 30.1 Å². The Bertz CT molecular complexity index is 1290. The Morgan fingerprint density at radius 3 is 2.64 bits per heavy atom. The van der Waals surface area contributed by atoms with Gasteiger partial charge in [-0.25, -0.2) is 8.42 Å². The van der Waals surface area contributed by atoms with Crippen LogP contribution in [0.3, 0.4) is 0 Å². The van der Waals surface area contributed by atoms with E-state index in [0.717, 1.165) is 41.8 Å². The summed E-state index contributed by atoms with van der Waals surface area (Å²) in [6.45, 7) is 4.72. The maximum absolute atomic E-state index is 13.1. The molecule has 0 radical (unpaired) electrons. The molecule has 4 rings (SSSR count). The predicted molar refractivity (Wildman–Crippen MR) is 120 cm³/mol. The number of aryl methyl sites for hydroxylation is 2. The second-order valence-electron chi connectivity index (χ2n) is 7.62. The fourth-order valence-corrected chi connectivity index (χ4v) is 6.15. The number of nitro benzene ring substituents is 1. The molecule has 3 aromatic rings. The van der Waals surface area contributed by atoms with Crippen molar-refractivity contribution < 1.29 is 22.5 Å². The first kappa shape index (κ1) is 23.2. The normalized spacial score (nSPS) is 14.5. The van der Waals surface area contributed by atoms with Crippen LogP contribution >= 0.6 is 11.8 Å². The van der Waals surface area contributed by atoms with Gasteiger partial charge < -0.3 is 9.15 Å². The molecule has 1 aliphatic rings. The maximum Gasteiger partial charge on any atom is 0.281 e. The van der Waals surface area contributed by atoms with E-state index in [0.29, 0.717) is 18.8 Å². The highest BCUT2D eigenvalue weighted by molar-refractivity contribution is 8.00. The standard InChI is InChI=1S/C21H22N4O6S2/c1-14-5-6-15(2)17(11-14)30-13-20-22-23-21(31-20)32-18-8-7-16(25(26)27)12-19(18)33(28,29)24-9-3-4-10-24/h5-8,11-12H,3-4,9-10,13H2,1-2H3. The molecule has 0 spiro atoms. The molecule has 0 N–H and O–H groups in total. The molecule has 12 heteroatoms. The van der Waals surface area contributed by atoms with Gasteiger partial charge in [0.2, 0.25) is 10.0 Å². The number of nitrogens with zero attached hydrogens (tertiary/aromatic N) is 4. The van der Waals surface area contributed by atoms with Crippen LogP contribution in [0.25, 0.3) is 0 Å². The van der Waals surface area contributed by atoms with Gasteiger partial charge in [-0.3, -0.25) is 10.1 Å². The van der Waals surface area contributed by atoms with Crippen molar-refractivity contribution in [2.24, 2.45) is 0 Å². The van der Waals surface area contributed by atoms with Gasteiger partial charge in [0.1, 0.15) is 10.6 Å². The van der Waals surface area contributed by atoms with Crippen molar-refractivity contribution in [2.45, 2.75) is 48.3 Å². The van der Waals surface area contributed by atoms with Crippen molar-refractivity contribution in [1.82, 2.24) is 14.5 Å². The number of hydrogen-bond acceptors (Lipinski definition) is 9. The maximum atomic E-state index is 13.1. The molecule has 0 amide bonds. The van der Waals surface area contributed by atoms with Crippen LogP contribution in [0.1, 0.15) is 29.9 Å². The lowest BCUT2D eigenvalue weighted by atomic mass is 10.1. The molecule has 0 aliphatic carbocycles. The first-order chi connectivity index (χ1) is 15.7. The van der Waals surface area contributed by atoms with E-state index in [1.807, 2.05) is 32.0 Å². The summed E-state index contributed by atoms with van der Waals surface area (Å²) in [5, 5.41) is 19.3. The monoisotopic (exact) mass is 490 g/mol. The van der Waals surface area contributed by atoms with Crippen molar-refractivity contribution in [2.75, 3.05) is 13.1 Å². The van der Waals surface area contributed by atoms with Crippen LogP contribution in [0.4, 0.5) is 5.69 Å². The van der Waals surface area contributed by atoms with E-state index in [2.05, 4.69) is 10.2 Å². The third-order valence-electron chi connectivity index (χ3n) is 5.16. The highest BCUT2D eigenvalue weighted by Crippen LogP contribution is 2.36. The first-order valence-electron chi connectivity index (χ1n) is 10.2. The Hall–Kier alpha value is -2.96. The number of ether oxygens (including phenoxy) is 1. The third kappa shape index (κ3) is 5.18. The van der Waals surface area contributed by atoms with Crippen molar-refractivity contribution in [3.63, 3.8) is 0 Å². The molecule has 2 heterocycles. The van der Waals surface area contributed by atoms with E-state index >= 15 is 0 Å². The summed E-state index contributed by atoms with van der Waals surface area (Å²) in [6.07, 6.45) is 1.51. The van der Waals surface area contributed by atoms with E-state index in [9.17, 15) is 18.5 Å². The van der Waals surface area contributed by atoms with Crippen LogP contribution in [0.2, 0.25) is 0 Å². The minimum atomic E-state index is -3.90. The van der Waals surface area contributed by atoms with Crippen molar-refractivity contribution >= 4 is 27.5 Å². The Morgan fingerprint density at radius 1 is 1.15 bits per heavy atom. The molecule has 1 saturated heterocycles. The Balaban J connectivity index is 1.56. The summed E-state index contributed by atoms with van der Waals surface area (Å²) in [5.41, 5.74) is 1.73. The van der Waals surface area contributed by atoms with Gasteiger partial charge in [-0.05, 0) is 61.7 Å². The lowest BCUT2D eigenvalue weighted by Crippen LogP contribution is -2.28. The Kier molecular flexibility index (Phi) is 6.68. The van der Waals surface area contributed by atoms with Crippen LogP contribution < -0.4 is 4.74 Å². The van der Waals surface area contributed by atoms with E-state index in [1.165, 1.54) is 16.4 Å². The average molecular weight is 491 g/mol. The van der Waals surface area contributed by atoms with Crippen molar-refractivity contribution in [1.29, 1.82) is 0 Å². The topological polar surface area (TPSA) is 129 Å². The van der Waals surface area contributed by atoms with Crippen LogP contribution in [-0.4, -0.2) is 40.9 Å². The molecular formula is C21H22N4O6S2. The molecule has 1 aromatic heterocycles. The minimum absolute atomic E-state index is 0.0526. The molecule has 1 aliphatic heterocycles. The number of hydrogen-bond donors (Lipinski definition) is 0. The summed E-state index contributed by atoms with van der Waals surface area (Å²) in [6, 6.07) is 9.58. The number of nitro groups is 1. The van der Waals surface area contributed by atoms with E-state index < -0.39 is 14.9 Å². The minimum Gasteiger partial charge on any atom is -0.484 e. The average Bonchev–Trinajstić information content (AvgIpc) is 3.47. The quantitative estimate of drug-likeness (QED) is 0.338. The first-order valence-corrected chi connectivity index (χ1v) is 12.5. The van der Waals surface area contributed by atoms with E-state index in [4.69, 9.17) is 9.15 Å². The van der Waals surface area contributed by atoms with Gasteiger partial charge in [0.05, 0.1) is 4.92 Å². The molecule has 2 aromatic carbocycles. The van der Waals surface area contributed by atoms with E-state index in [1.54, 1.807) is 0 Å². The Morgan fingerprint density at radius 2 is 1.91 bits per heavy atom. The number of aromatic nitrogens is 2. The molecule has 1 fully saturated rings. The highest BCUT2D eigenvalue weighted by atomic mass is 32.2. The number of rotatable bonds is 8. The molecule has 0 unspecified atom stereocenters. The third-order valence-corrected chi connectivity index (χ3v) is 8.14. The van der Waals surface area contributed by atoms with Crippen molar-refractivity contribution in [3.8, 4) is 5.75 Å². The van der Waals surface area contributed by atoms with Gasteiger partial charge in [-0.15, -0.1) is 10.2 Å². The van der Waals surface area contributed by atoms with Gasteiger partial charge in [0.25, 0.3) is 16.8 Å². The summed E-state index contributed by atoms with van der Waals surface area (Å²) in [4.78, 5) is 10.8. The number of non-ortho nitro benzene ring substituents is 1. The molecule has 0 atom stereocenters. The molecule has 0 saturated carbocycles. The smallest absolute Gasteiger partial charge is 0.281 e. The highest BCUT2D eigenvalue weighted by Gasteiger charge is 2.31. The summed E-state index contributed by atoms with van der Waals surface area (Å²) in [7, 11) is -3.90. The largest absolute Gasteiger partial charge is 0.484 e. The molecular weight excluding hydrogens is 468 g/mol. The fraction of sp³-hybridized carbons (Fsp3) is 0.333. The van der Waals surface area contributed by atoms with Gasteiger partial charge >= 0.3 is 0 Å². The molecule has 174 valence electrons. The van der Waals surface area contributed by atoms with Crippen LogP contribution in [-0.2, 0) is 16.6 Å². The molecule has 0 bridgehead atoms. The molecule has 33 heavy (non-hydrogen) atoms. The van der Waals surface area contributed by atoms with Crippen LogP contribution in [0, 0.1) is 24.0 Å². The van der Waals surface area contributed by atoms with Crippen LogP contribution in [0.5, 0.6) is 5.75 Å². The fourth-order valence-electron chi connectivity index (χ4n) is 3.40. The summed E-state index contributed by atoms with van der Waals surface area (Å²) >= 11 is 0.944. The number of benzene rings is 2. The second-order valence-corrected chi connectivity index (χ2v) is 10.5. The SMILES string of the molecule is Cc1ccc(C)c(OCc2nnc(Sc3ccc([N+](=O)[O-])cc3S(=O)(=O)N3CCCC3)o2)c1. The predicted octanol–water partition coefficient (Wildman–Crippen LogP) is 4.11. The van der Waals surface area contributed by atoms with Crippen molar-refractivity contribution in [3.05, 3.63) is 63.5 Å². The lowest BCUT2D eigenvalue weighted by Gasteiger charge is -2.17. The molecule has 10 nitrogen and oxygen atoms in total. The second kappa shape index (κ2) is 9.49. The zero-order chi connectivity index (χ0) is 23.6. The summed E-state index contributed by atoms with van der Waals surface area (Å²) < 4.78 is 39.0. The number of sulfonamides is 1. The lowest BCUT2D eigenvalue weighted by molar-refractivity contribution is -0.385. The zero-order valence-corrected chi connectivity index (χ0v) is 19.7. The Labute approximate surface area is 195 Å². The van der Waals surface area contributed by atoms with Gasteiger partial charge in [-0.2, -0.15) is 4.31 Å². The van der Waals surface area contributed by atoms with Crippen LogP contribution in [0.15, 0.2) is 55.8 Å². The summed E-state index contributed by atoms with van der Waals surface area (Å²) in [5.74, 6) is 0.932.